The highest BCUT2D eigenvalue weighted by molar-refractivity contribution is 6.35. The molecular formula is C19H15Cl2N3O2. The number of carbonyl (C=O) groups excluding carboxylic acids is 1. The van der Waals surface area contributed by atoms with E-state index in [2.05, 4.69) is 15.6 Å². The lowest BCUT2D eigenvalue weighted by Gasteiger charge is -2.11. The van der Waals surface area contributed by atoms with Gasteiger partial charge in [-0.2, -0.15) is 0 Å². The molecule has 0 spiro atoms. The fourth-order valence-corrected chi connectivity index (χ4v) is 2.65. The highest BCUT2D eigenvalue weighted by Gasteiger charge is 2.11. The number of anilines is 3. The van der Waals surface area contributed by atoms with Crippen LogP contribution in [-0.2, 0) is 0 Å². The Morgan fingerprint density at radius 1 is 1.04 bits per heavy atom. The topological polar surface area (TPSA) is 63.2 Å². The highest BCUT2D eigenvalue weighted by Crippen LogP contribution is 2.28. The van der Waals surface area contributed by atoms with E-state index in [0.717, 1.165) is 0 Å². The molecule has 0 radical (unpaired) electrons. The van der Waals surface area contributed by atoms with Crippen molar-refractivity contribution in [3.8, 4) is 5.75 Å². The van der Waals surface area contributed by atoms with Gasteiger partial charge in [-0.05, 0) is 42.5 Å². The van der Waals surface area contributed by atoms with E-state index < -0.39 is 0 Å². The largest absolute Gasteiger partial charge is 0.495 e. The maximum atomic E-state index is 12.5. The summed E-state index contributed by atoms with van der Waals surface area (Å²) in [4.78, 5) is 16.7. The number of nitrogens with one attached hydrogen (secondary N) is 2. The predicted octanol–water partition coefficient (Wildman–Crippen LogP) is 5.39. The SMILES string of the molecule is COc1ccccc1NC(=O)c1ccnc(Nc2cc(Cl)ccc2Cl)c1. The van der Waals surface area contributed by atoms with Crippen LogP contribution in [0.15, 0.2) is 60.8 Å². The number of para-hydroxylation sites is 2. The number of hydrogen-bond acceptors (Lipinski definition) is 4. The zero-order valence-electron chi connectivity index (χ0n) is 13.8. The van der Waals surface area contributed by atoms with Gasteiger partial charge in [0.25, 0.3) is 5.91 Å². The summed E-state index contributed by atoms with van der Waals surface area (Å²) in [6.45, 7) is 0. The minimum absolute atomic E-state index is 0.280. The van der Waals surface area contributed by atoms with Gasteiger partial charge in [-0.1, -0.05) is 35.3 Å². The molecule has 0 fully saturated rings. The Kier molecular flexibility index (Phi) is 5.61. The second-order valence-corrected chi connectivity index (χ2v) is 6.18. The summed E-state index contributed by atoms with van der Waals surface area (Å²) in [7, 11) is 1.55. The molecule has 0 bridgehead atoms. The average molecular weight is 388 g/mol. The van der Waals surface area contributed by atoms with Gasteiger partial charge >= 0.3 is 0 Å². The molecule has 0 atom stereocenters. The van der Waals surface area contributed by atoms with E-state index in [4.69, 9.17) is 27.9 Å². The van der Waals surface area contributed by atoms with E-state index in [1.54, 1.807) is 49.6 Å². The van der Waals surface area contributed by atoms with E-state index >= 15 is 0 Å². The Hall–Kier alpha value is -2.76. The van der Waals surface area contributed by atoms with Crippen molar-refractivity contribution < 1.29 is 9.53 Å². The third kappa shape index (κ3) is 4.25. The Bertz CT molecular complexity index is 948. The molecule has 5 nitrogen and oxygen atoms in total. The van der Waals surface area contributed by atoms with E-state index in [-0.39, 0.29) is 5.91 Å². The lowest BCUT2D eigenvalue weighted by atomic mass is 10.2. The van der Waals surface area contributed by atoms with Crippen LogP contribution in [-0.4, -0.2) is 18.0 Å². The maximum absolute atomic E-state index is 12.5. The van der Waals surface area contributed by atoms with Crippen LogP contribution in [0.25, 0.3) is 0 Å². The maximum Gasteiger partial charge on any atom is 0.255 e. The van der Waals surface area contributed by atoms with Crippen LogP contribution in [0.4, 0.5) is 17.2 Å². The van der Waals surface area contributed by atoms with Crippen molar-refractivity contribution in [3.63, 3.8) is 0 Å². The van der Waals surface area contributed by atoms with E-state index in [0.29, 0.717) is 38.6 Å². The Balaban J connectivity index is 1.80. The lowest BCUT2D eigenvalue weighted by Crippen LogP contribution is -2.13. The molecule has 0 aliphatic carbocycles. The van der Waals surface area contributed by atoms with Gasteiger partial charge in [-0.3, -0.25) is 4.79 Å². The quantitative estimate of drug-likeness (QED) is 0.615. The van der Waals surface area contributed by atoms with Crippen molar-refractivity contribution >= 4 is 46.3 Å². The molecule has 0 aliphatic heterocycles. The minimum Gasteiger partial charge on any atom is -0.495 e. The van der Waals surface area contributed by atoms with Crippen molar-refractivity contribution in [3.05, 3.63) is 76.4 Å². The van der Waals surface area contributed by atoms with Crippen molar-refractivity contribution in [2.45, 2.75) is 0 Å². The number of aromatic nitrogens is 1. The van der Waals surface area contributed by atoms with E-state index in [1.807, 2.05) is 12.1 Å². The first-order valence-electron chi connectivity index (χ1n) is 7.69. The zero-order chi connectivity index (χ0) is 18.5. The van der Waals surface area contributed by atoms with Gasteiger partial charge in [0.2, 0.25) is 0 Å². The first-order valence-corrected chi connectivity index (χ1v) is 8.45. The summed E-state index contributed by atoms with van der Waals surface area (Å²) in [5, 5.41) is 6.93. The average Bonchev–Trinajstić information content (AvgIpc) is 2.65. The molecule has 0 aliphatic rings. The molecule has 0 unspecified atom stereocenters. The number of ether oxygens (including phenoxy) is 1. The monoisotopic (exact) mass is 387 g/mol. The molecule has 26 heavy (non-hydrogen) atoms. The van der Waals surface area contributed by atoms with Gasteiger partial charge in [0.15, 0.2) is 0 Å². The lowest BCUT2D eigenvalue weighted by molar-refractivity contribution is 0.102. The Morgan fingerprint density at radius 2 is 1.85 bits per heavy atom. The van der Waals surface area contributed by atoms with Crippen LogP contribution in [0.1, 0.15) is 10.4 Å². The molecule has 0 saturated heterocycles. The van der Waals surface area contributed by atoms with Crippen LogP contribution in [0.5, 0.6) is 5.75 Å². The van der Waals surface area contributed by atoms with Crippen LogP contribution in [0.2, 0.25) is 10.0 Å². The first kappa shape index (κ1) is 18.0. The fraction of sp³-hybridized carbons (Fsp3) is 0.0526. The van der Waals surface area contributed by atoms with E-state index in [9.17, 15) is 4.79 Å². The highest BCUT2D eigenvalue weighted by atomic mass is 35.5. The normalized spacial score (nSPS) is 10.3. The summed E-state index contributed by atoms with van der Waals surface area (Å²) in [6, 6.07) is 15.5. The molecule has 0 saturated carbocycles. The molecule has 1 aromatic heterocycles. The van der Waals surface area contributed by atoms with Gasteiger partial charge in [-0.25, -0.2) is 4.98 Å². The molecule has 1 amide bonds. The van der Waals surface area contributed by atoms with Crippen LogP contribution in [0, 0.1) is 0 Å². The van der Waals surface area contributed by atoms with Gasteiger partial charge in [0, 0.05) is 16.8 Å². The molecule has 132 valence electrons. The third-order valence-corrected chi connectivity index (χ3v) is 4.13. The summed E-state index contributed by atoms with van der Waals surface area (Å²) in [5.74, 6) is 0.776. The predicted molar refractivity (Wildman–Crippen MR) is 105 cm³/mol. The number of rotatable bonds is 5. The van der Waals surface area contributed by atoms with E-state index in [1.165, 1.54) is 6.20 Å². The number of pyridine rings is 1. The van der Waals surface area contributed by atoms with Crippen LogP contribution in [0.3, 0.4) is 0 Å². The smallest absolute Gasteiger partial charge is 0.255 e. The minimum atomic E-state index is -0.280. The second kappa shape index (κ2) is 8.08. The van der Waals surface area contributed by atoms with Gasteiger partial charge < -0.3 is 15.4 Å². The Labute approximate surface area is 160 Å². The molecular weight excluding hydrogens is 373 g/mol. The molecule has 7 heteroatoms. The van der Waals surface area contributed by atoms with Crippen molar-refractivity contribution in [1.82, 2.24) is 4.98 Å². The fourth-order valence-electron chi connectivity index (χ4n) is 2.31. The molecule has 1 heterocycles. The number of halogens is 2. The van der Waals surface area contributed by atoms with Crippen molar-refractivity contribution in [2.75, 3.05) is 17.7 Å². The summed E-state index contributed by atoms with van der Waals surface area (Å²) < 4.78 is 5.24. The summed E-state index contributed by atoms with van der Waals surface area (Å²) >= 11 is 12.1. The standard InChI is InChI=1S/C19H15Cl2N3O2/c1-26-17-5-3-2-4-15(17)24-19(25)12-8-9-22-18(10-12)23-16-11-13(20)6-7-14(16)21/h2-11H,1H3,(H,22,23)(H,24,25). The number of nitrogens with zero attached hydrogens (tertiary/aromatic N) is 1. The van der Waals surface area contributed by atoms with Gasteiger partial charge in [0.1, 0.15) is 11.6 Å². The van der Waals surface area contributed by atoms with Crippen molar-refractivity contribution in [1.29, 1.82) is 0 Å². The van der Waals surface area contributed by atoms with Gasteiger partial charge in [0.05, 0.1) is 23.5 Å². The second-order valence-electron chi connectivity index (χ2n) is 5.33. The molecule has 3 rings (SSSR count). The first-order chi connectivity index (χ1) is 12.6. The van der Waals surface area contributed by atoms with Crippen molar-refractivity contribution in [2.24, 2.45) is 0 Å². The number of methoxy groups -OCH3 is 1. The summed E-state index contributed by atoms with van der Waals surface area (Å²) in [5.41, 5.74) is 1.63. The van der Waals surface area contributed by atoms with Crippen LogP contribution >= 0.6 is 23.2 Å². The molecule has 2 N–H and O–H groups in total. The van der Waals surface area contributed by atoms with Gasteiger partial charge in [-0.15, -0.1) is 0 Å². The molecule has 2 aromatic carbocycles. The number of benzene rings is 2. The summed E-state index contributed by atoms with van der Waals surface area (Å²) in [6.07, 6.45) is 1.54. The van der Waals surface area contributed by atoms with Crippen LogP contribution < -0.4 is 15.4 Å². The zero-order valence-corrected chi connectivity index (χ0v) is 15.3. The Morgan fingerprint density at radius 3 is 2.65 bits per heavy atom. The molecule has 3 aromatic rings. The number of amides is 1. The number of hydrogen-bond donors (Lipinski definition) is 2. The number of carbonyl (C=O) groups is 1. The third-order valence-electron chi connectivity index (χ3n) is 3.57.